The fourth-order valence-electron chi connectivity index (χ4n) is 4.39. The van der Waals surface area contributed by atoms with Crippen molar-refractivity contribution >= 4 is 17.0 Å². The molecule has 4 heteroatoms. The Hall–Kier alpha value is -4.44. The molecular formula is C30H24N2O2. The first-order chi connectivity index (χ1) is 16.6. The lowest BCUT2D eigenvalue weighted by molar-refractivity contribution is -0.111. The number of carbonyl (C=O) groups is 1. The third-order valence-corrected chi connectivity index (χ3v) is 6.04. The Kier molecular flexibility index (Phi) is 5.56. The number of carbonyl (C=O) groups excluding carboxylic acids is 1. The van der Waals surface area contributed by atoms with Crippen LogP contribution >= 0.6 is 0 Å². The number of para-hydroxylation sites is 1. The minimum Gasteiger partial charge on any atom is -0.378 e. The normalized spacial score (nSPS) is 14.5. The molecule has 2 aromatic rings. The van der Waals surface area contributed by atoms with Crippen molar-refractivity contribution in [2.24, 2.45) is 0 Å². The molecule has 166 valence electrons. The molecule has 5 rings (SSSR count). The summed E-state index contributed by atoms with van der Waals surface area (Å²) in [6.07, 6.45) is 6.91. The lowest BCUT2D eigenvalue weighted by Crippen LogP contribution is -2.17. The largest absolute Gasteiger partial charge is 0.378 e. The number of hydrogen-bond donors (Lipinski definition) is 0. The van der Waals surface area contributed by atoms with Gasteiger partial charge in [-0.15, -0.1) is 0 Å². The summed E-state index contributed by atoms with van der Waals surface area (Å²) in [5.74, 6) is -0.116. The summed E-state index contributed by atoms with van der Waals surface area (Å²) in [6.45, 7) is 0. The zero-order chi connectivity index (χ0) is 23.7. The number of ketones is 1. The molecule has 0 spiro atoms. The van der Waals surface area contributed by atoms with Crippen molar-refractivity contribution in [2.75, 3.05) is 19.0 Å². The highest BCUT2D eigenvalue weighted by molar-refractivity contribution is 6.15. The van der Waals surface area contributed by atoms with Gasteiger partial charge in [0, 0.05) is 42.2 Å². The number of hydrogen-bond acceptors (Lipinski definition) is 3. The first-order valence-corrected chi connectivity index (χ1v) is 11.2. The maximum atomic E-state index is 14.1. The van der Waals surface area contributed by atoms with Crippen molar-refractivity contribution in [1.29, 1.82) is 0 Å². The van der Waals surface area contributed by atoms with Crippen LogP contribution in [0.3, 0.4) is 0 Å². The molecule has 2 aliphatic carbocycles. The first kappa shape index (κ1) is 21.4. The van der Waals surface area contributed by atoms with Crippen LogP contribution in [0.25, 0.3) is 22.5 Å². The fourth-order valence-corrected chi connectivity index (χ4v) is 4.39. The molecular weight excluding hydrogens is 420 g/mol. The summed E-state index contributed by atoms with van der Waals surface area (Å²) in [4.78, 5) is 29.1. The highest BCUT2D eigenvalue weighted by Gasteiger charge is 2.27. The Bertz CT molecular complexity index is 1490. The van der Waals surface area contributed by atoms with Gasteiger partial charge in [0.25, 0.3) is 5.56 Å². The monoisotopic (exact) mass is 444 g/mol. The minimum absolute atomic E-state index is 0.116. The second kappa shape index (κ2) is 8.83. The smallest absolute Gasteiger partial charge is 0.264 e. The van der Waals surface area contributed by atoms with Crippen LogP contribution in [0.1, 0.15) is 11.1 Å². The molecule has 0 fully saturated rings. The number of rotatable bonds is 4. The summed E-state index contributed by atoms with van der Waals surface area (Å²) >= 11 is 0. The summed E-state index contributed by atoms with van der Waals surface area (Å²) in [5, 5.41) is 0. The van der Waals surface area contributed by atoms with Crippen molar-refractivity contribution in [3.8, 4) is 16.9 Å². The summed E-state index contributed by atoms with van der Waals surface area (Å²) < 4.78 is 1.73. The highest BCUT2D eigenvalue weighted by atomic mass is 16.1. The van der Waals surface area contributed by atoms with Crippen molar-refractivity contribution in [2.45, 2.75) is 0 Å². The van der Waals surface area contributed by atoms with Gasteiger partial charge in [-0.1, -0.05) is 72.8 Å². The Balaban J connectivity index is 1.87. The Morgan fingerprint density at radius 2 is 1.38 bits per heavy atom. The zero-order valence-electron chi connectivity index (χ0n) is 19.1. The predicted octanol–water partition coefficient (Wildman–Crippen LogP) is 5.51. The Labute approximate surface area is 198 Å². The van der Waals surface area contributed by atoms with E-state index in [1.165, 1.54) is 0 Å². The van der Waals surface area contributed by atoms with Crippen molar-refractivity contribution in [3.63, 3.8) is 0 Å². The van der Waals surface area contributed by atoms with Gasteiger partial charge < -0.3 is 4.90 Å². The Morgan fingerprint density at radius 3 is 2.06 bits per heavy atom. The van der Waals surface area contributed by atoms with E-state index >= 15 is 0 Å². The number of fused-ring (bicyclic) bond motifs is 1. The third kappa shape index (κ3) is 3.69. The molecule has 0 N–H and O–H groups in total. The molecule has 0 saturated heterocycles. The van der Waals surface area contributed by atoms with Gasteiger partial charge in [0.2, 0.25) is 0 Å². The van der Waals surface area contributed by atoms with Gasteiger partial charge in [0.05, 0.1) is 11.3 Å². The molecule has 2 aromatic carbocycles. The van der Waals surface area contributed by atoms with Gasteiger partial charge >= 0.3 is 0 Å². The second-order valence-corrected chi connectivity index (χ2v) is 8.37. The van der Waals surface area contributed by atoms with Crippen LogP contribution in [0.2, 0.25) is 0 Å². The van der Waals surface area contributed by atoms with E-state index in [1.54, 1.807) is 22.8 Å². The van der Waals surface area contributed by atoms with E-state index < -0.39 is 0 Å². The van der Waals surface area contributed by atoms with Crippen molar-refractivity contribution < 1.29 is 4.79 Å². The molecule has 0 radical (unpaired) electrons. The van der Waals surface area contributed by atoms with Gasteiger partial charge in [0.1, 0.15) is 0 Å². The van der Waals surface area contributed by atoms with E-state index in [1.807, 2.05) is 110 Å². The molecule has 0 saturated carbocycles. The van der Waals surface area contributed by atoms with Crippen LogP contribution in [0, 0.1) is 0 Å². The van der Waals surface area contributed by atoms with Gasteiger partial charge in [-0.2, -0.15) is 0 Å². The van der Waals surface area contributed by atoms with Crippen molar-refractivity contribution in [3.05, 3.63) is 136 Å². The van der Waals surface area contributed by atoms with Crippen LogP contribution in [-0.2, 0) is 4.79 Å². The van der Waals surface area contributed by atoms with Crippen LogP contribution in [0.4, 0.5) is 5.69 Å². The molecule has 1 heterocycles. The quantitative estimate of drug-likeness (QED) is 0.390. The molecule has 0 amide bonds. The molecule has 4 nitrogen and oxygen atoms in total. The van der Waals surface area contributed by atoms with Crippen LogP contribution in [0.5, 0.6) is 0 Å². The maximum absolute atomic E-state index is 14.1. The minimum atomic E-state index is -0.151. The molecule has 34 heavy (non-hydrogen) atoms. The molecule has 0 aromatic heterocycles. The molecule has 1 aliphatic heterocycles. The topological polar surface area (TPSA) is 42.3 Å². The van der Waals surface area contributed by atoms with E-state index in [4.69, 9.17) is 0 Å². The lowest BCUT2D eigenvalue weighted by atomic mass is 9.88. The van der Waals surface area contributed by atoms with E-state index in [-0.39, 0.29) is 11.3 Å². The van der Waals surface area contributed by atoms with Gasteiger partial charge in [-0.3, -0.25) is 14.2 Å². The SMILES string of the molecule is CN(C)c1ccc(C(=C2C=CC=CC2=O)c2c3cccccc-3n(-c3ccccc3)c2=O)cc1. The number of benzene rings is 2. The molecule has 0 unspecified atom stereocenters. The van der Waals surface area contributed by atoms with Crippen LogP contribution in [-0.4, -0.2) is 24.4 Å². The van der Waals surface area contributed by atoms with E-state index in [9.17, 15) is 9.59 Å². The summed E-state index contributed by atoms with van der Waals surface area (Å²) in [5.41, 5.74) is 5.77. The number of allylic oxidation sites excluding steroid dienone is 5. The standard InChI is InChI=1S/C30H24N2O2/c1-31(2)22-19-17-21(18-20-22)28(25-14-9-10-16-27(25)33)29-24-13-7-4-8-15-26(24)32(30(29)34)23-11-5-3-6-12-23/h3-20H,1-2H3. The van der Waals surface area contributed by atoms with E-state index in [0.717, 1.165) is 28.2 Å². The third-order valence-electron chi connectivity index (χ3n) is 6.04. The average molecular weight is 445 g/mol. The molecule has 3 aliphatic rings. The number of aromatic nitrogens is 1. The van der Waals surface area contributed by atoms with Crippen LogP contribution in [0.15, 0.2) is 120 Å². The van der Waals surface area contributed by atoms with Gasteiger partial charge in [0.15, 0.2) is 5.78 Å². The van der Waals surface area contributed by atoms with Crippen LogP contribution < -0.4 is 10.5 Å². The lowest BCUT2D eigenvalue weighted by Gasteiger charge is -2.16. The highest BCUT2D eigenvalue weighted by Crippen LogP contribution is 2.37. The second-order valence-electron chi connectivity index (χ2n) is 8.37. The number of nitrogens with zero attached hydrogens (tertiary/aromatic N) is 2. The Morgan fingerprint density at radius 1 is 0.735 bits per heavy atom. The fraction of sp³-hybridized carbons (Fsp3) is 0.0667. The first-order valence-electron chi connectivity index (χ1n) is 11.2. The average Bonchev–Trinajstić information content (AvgIpc) is 2.98. The van der Waals surface area contributed by atoms with E-state index in [0.29, 0.717) is 16.7 Å². The number of anilines is 1. The molecule has 0 atom stereocenters. The predicted molar refractivity (Wildman–Crippen MR) is 139 cm³/mol. The molecule has 0 bridgehead atoms. The maximum Gasteiger partial charge on any atom is 0.264 e. The van der Waals surface area contributed by atoms with E-state index in [2.05, 4.69) is 0 Å². The summed E-state index contributed by atoms with van der Waals surface area (Å²) in [6, 6.07) is 27.3. The summed E-state index contributed by atoms with van der Waals surface area (Å²) in [7, 11) is 3.96. The van der Waals surface area contributed by atoms with Crippen molar-refractivity contribution in [1.82, 2.24) is 4.57 Å². The van der Waals surface area contributed by atoms with Gasteiger partial charge in [-0.25, -0.2) is 0 Å². The van der Waals surface area contributed by atoms with Gasteiger partial charge in [-0.05, 0) is 42.0 Å². The zero-order valence-corrected chi connectivity index (χ0v) is 19.1.